The second kappa shape index (κ2) is 7.35. The van der Waals surface area contributed by atoms with Gasteiger partial charge in [-0.05, 0) is 18.4 Å². The number of nitrogens with one attached hydrogen (secondary N) is 1. The highest BCUT2D eigenvalue weighted by Gasteiger charge is 2.22. The van der Waals surface area contributed by atoms with Crippen molar-refractivity contribution in [3.8, 4) is 0 Å². The fourth-order valence-corrected chi connectivity index (χ4v) is 3.49. The molecule has 2 rings (SSSR count). The summed E-state index contributed by atoms with van der Waals surface area (Å²) in [5, 5.41) is 1.91. The van der Waals surface area contributed by atoms with Crippen LogP contribution in [0.5, 0.6) is 0 Å². The summed E-state index contributed by atoms with van der Waals surface area (Å²) in [5.41, 5.74) is 0. The summed E-state index contributed by atoms with van der Waals surface area (Å²) < 4.78 is 25.2. The van der Waals surface area contributed by atoms with E-state index in [2.05, 4.69) is 9.62 Å². The number of sulfonamides is 1. The van der Waals surface area contributed by atoms with Gasteiger partial charge < -0.3 is 4.90 Å². The summed E-state index contributed by atoms with van der Waals surface area (Å²) in [6.45, 7) is 5.68. The third-order valence-electron chi connectivity index (χ3n) is 3.52. The van der Waals surface area contributed by atoms with Crippen molar-refractivity contribution in [2.45, 2.75) is 6.92 Å². The van der Waals surface area contributed by atoms with Gasteiger partial charge in [0.2, 0.25) is 10.0 Å². The van der Waals surface area contributed by atoms with Crippen LogP contribution in [0.15, 0.2) is 17.5 Å². The molecule has 0 saturated carbocycles. The standard InChI is InChI=1S/C13H21N3O3S2/c1-2-21(18,19)14-5-6-15-7-9-16(10-8-15)13(17)12-4-3-11-20-12/h3-4,11,14H,2,5-10H2,1H3. The van der Waals surface area contributed by atoms with Crippen LogP contribution in [0.4, 0.5) is 0 Å². The molecule has 118 valence electrons. The molecule has 2 heterocycles. The topological polar surface area (TPSA) is 69.7 Å². The second-order valence-corrected chi connectivity index (χ2v) is 7.95. The third kappa shape index (κ3) is 4.77. The first-order valence-corrected chi connectivity index (χ1v) is 9.57. The minimum Gasteiger partial charge on any atom is -0.335 e. The van der Waals surface area contributed by atoms with Gasteiger partial charge in [0, 0.05) is 39.3 Å². The fraction of sp³-hybridized carbons (Fsp3) is 0.615. The number of piperazine rings is 1. The van der Waals surface area contributed by atoms with E-state index < -0.39 is 10.0 Å². The Morgan fingerprint density at radius 2 is 2.05 bits per heavy atom. The molecule has 8 heteroatoms. The molecule has 0 spiro atoms. The molecule has 1 aromatic rings. The lowest BCUT2D eigenvalue weighted by Gasteiger charge is -2.34. The van der Waals surface area contributed by atoms with E-state index in [9.17, 15) is 13.2 Å². The third-order valence-corrected chi connectivity index (χ3v) is 5.78. The predicted octanol–water partition coefficient (Wildman–Crippen LogP) is 0.445. The van der Waals surface area contributed by atoms with Crippen LogP contribution in [-0.4, -0.2) is 69.1 Å². The van der Waals surface area contributed by atoms with Crippen molar-refractivity contribution in [3.05, 3.63) is 22.4 Å². The van der Waals surface area contributed by atoms with E-state index in [1.165, 1.54) is 11.3 Å². The number of nitrogens with zero attached hydrogens (tertiary/aromatic N) is 2. The maximum Gasteiger partial charge on any atom is 0.264 e. The minimum atomic E-state index is -3.11. The minimum absolute atomic E-state index is 0.0938. The molecule has 1 aromatic heterocycles. The highest BCUT2D eigenvalue weighted by atomic mass is 32.2. The van der Waals surface area contributed by atoms with Crippen LogP contribution in [0.3, 0.4) is 0 Å². The van der Waals surface area contributed by atoms with E-state index in [0.717, 1.165) is 18.0 Å². The molecule has 0 radical (unpaired) electrons. The molecule has 1 aliphatic heterocycles. The molecule has 0 aromatic carbocycles. The lowest BCUT2D eigenvalue weighted by Crippen LogP contribution is -2.50. The van der Waals surface area contributed by atoms with Crippen molar-refractivity contribution in [1.29, 1.82) is 0 Å². The Hall–Kier alpha value is -0.960. The van der Waals surface area contributed by atoms with Gasteiger partial charge in [-0.15, -0.1) is 11.3 Å². The van der Waals surface area contributed by atoms with Gasteiger partial charge in [-0.25, -0.2) is 13.1 Å². The molecule has 1 aliphatic rings. The number of carbonyl (C=O) groups is 1. The van der Waals surface area contributed by atoms with Gasteiger partial charge in [0.25, 0.3) is 5.91 Å². The van der Waals surface area contributed by atoms with E-state index in [4.69, 9.17) is 0 Å². The molecule has 0 aliphatic carbocycles. The van der Waals surface area contributed by atoms with E-state index >= 15 is 0 Å². The van der Waals surface area contributed by atoms with Crippen LogP contribution >= 0.6 is 11.3 Å². The van der Waals surface area contributed by atoms with E-state index in [-0.39, 0.29) is 11.7 Å². The Labute approximate surface area is 129 Å². The Morgan fingerprint density at radius 3 is 2.62 bits per heavy atom. The zero-order chi connectivity index (χ0) is 15.3. The Morgan fingerprint density at radius 1 is 1.33 bits per heavy atom. The van der Waals surface area contributed by atoms with Gasteiger partial charge in [-0.1, -0.05) is 6.07 Å². The molecule has 1 fully saturated rings. The quantitative estimate of drug-likeness (QED) is 0.821. The Bertz CT molecular complexity index is 549. The van der Waals surface area contributed by atoms with Gasteiger partial charge in [0.1, 0.15) is 0 Å². The average Bonchev–Trinajstić information content (AvgIpc) is 3.01. The largest absolute Gasteiger partial charge is 0.335 e. The van der Waals surface area contributed by atoms with Gasteiger partial charge in [0.15, 0.2) is 0 Å². The predicted molar refractivity (Wildman–Crippen MR) is 84.1 cm³/mol. The van der Waals surface area contributed by atoms with Crippen molar-refractivity contribution < 1.29 is 13.2 Å². The van der Waals surface area contributed by atoms with E-state index in [1.54, 1.807) is 6.92 Å². The van der Waals surface area contributed by atoms with Gasteiger partial charge >= 0.3 is 0 Å². The van der Waals surface area contributed by atoms with E-state index in [0.29, 0.717) is 26.2 Å². The zero-order valence-electron chi connectivity index (χ0n) is 12.1. The van der Waals surface area contributed by atoms with E-state index in [1.807, 2.05) is 22.4 Å². The number of carbonyl (C=O) groups excluding carboxylic acids is 1. The first kappa shape index (κ1) is 16.4. The van der Waals surface area contributed by atoms with Crippen LogP contribution in [0.1, 0.15) is 16.6 Å². The number of hydrogen-bond donors (Lipinski definition) is 1. The molecular formula is C13H21N3O3S2. The molecule has 0 atom stereocenters. The lowest BCUT2D eigenvalue weighted by atomic mass is 10.3. The Kier molecular flexibility index (Phi) is 5.74. The number of rotatable bonds is 6. The van der Waals surface area contributed by atoms with Crippen LogP contribution in [-0.2, 0) is 10.0 Å². The normalized spacial score (nSPS) is 17.1. The molecule has 21 heavy (non-hydrogen) atoms. The fourth-order valence-electron chi connectivity index (χ4n) is 2.19. The molecule has 0 unspecified atom stereocenters. The molecule has 1 saturated heterocycles. The monoisotopic (exact) mass is 331 g/mol. The molecular weight excluding hydrogens is 310 g/mol. The maximum atomic E-state index is 12.2. The summed E-state index contributed by atoms with van der Waals surface area (Å²) in [7, 11) is -3.11. The van der Waals surface area contributed by atoms with Crippen LogP contribution in [0.2, 0.25) is 0 Å². The zero-order valence-corrected chi connectivity index (χ0v) is 13.8. The van der Waals surface area contributed by atoms with Gasteiger partial charge in [-0.2, -0.15) is 0 Å². The smallest absolute Gasteiger partial charge is 0.264 e. The number of hydrogen-bond acceptors (Lipinski definition) is 5. The van der Waals surface area contributed by atoms with Gasteiger partial charge in [0.05, 0.1) is 10.6 Å². The lowest BCUT2D eigenvalue weighted by molar-refractivity contribution is 0.0645. The SMILES string of the molecule is CCS(=O)(=O)NCCN1CCN(C(=O)c2cccs2)CC1. The summed E-state index contributed by atoms with van der Waals surface area (Å²) in [6, 6.07) is 3.73. The summed E-state index contributed by atoms with van der Waals surface area (Å²) in [6.07, 6.45) is 0. The van der Waals surface area contributed by atoms with Crippen LogP contribution in [0.25, 0.3) is 0 Å². The van der Waals surface area contributed by atoms with Crippen molar-refractivity contribution >= 4 is 27.3 Å². The van der Waals surface area contributed by atoms with Crippen molar-refractivity contribution in [1.82, 2.24) is 14.5 Å². The molecule has 6 nitrogen and oxygen atoms in total. The van der Waals surface area contributed by atoms with Crippen LogP contribution < -0.4 is 4.72 Å². The average molecular weight is 331 g/mol. The number of amides is 1. The van der Waals surface area contributed by atoms with Gasteiger partial charge in [-0.3, -0.25) is 9.69 Å². The Balaban J connectivity index is 1.72. The first-order chi connectivity index (χ1) is 10.0. The van der Waals surface area contributed by atoms with Crippen molar-refractivity contribution in [3.63, 3.8) is 0 Å². The highest BCUT2D eigenvalue weighted by molar-refractivity contribution is 7.89. The number of thiophene rings is 1. The first-order valence-electron chi connectivity index (χ1n) is 7.04. The van der Waals surface area contributed by atoms with Crippen molar-refractivity contribution in [2.24, 2.45) is 0 Å². The molecule has 1 amide bonds. The molecule has 1 N–H and O–H groups in total. The summed E-state index contributed by atoms with van der Waals surface area (Å²) >= 11 is 1.46. The second-order valence-electron chi connectivity index (χ2n) is 4.91. The van der Waals surface area contributed by atoms with Crippen LogP contribution in [0, 0.1) is 0 Å². The van der Waals surface area contributed by atoms with Crippen molar-refractivity contribution in [2.75, 3.05) is 45.0 Å². The maximum absolute atomic E-state index is 12.2. The summed E-state index contributed by atoms with van der Waals surface area (Å²) in [5.74, 6) is 0.201. The molecule has 0 bridgehead atoms. The summed E-state index contributed by atoms with van der Waals surface area (Å²) in [4.78, 5) is 17.0. The highest BCUT2D eigenvalue weighted by Crippen LogP contribution is 2.13.